The summed E-state index contributed by atoms with van der Waals surface area (Å²) >= 11 is 0. The van der Waals surface area contributed by atoms with E-state index in [4.69, 9.17) is 4.74 Å². The molecule has 32 heavy (non-hydrogen) atoms. The van der Waals surface area contributed by atoms with Crippen LogP contribution in [-0.2, 0) is 16.0 Å². The topological polar surface area (TPSA) is 71.5 Å². The number of amides is 2. The second-order valence-corrected chi connectivity index (χ2v) is 7.90. The van der Waals surface area contributed by atoms with Crippen molar-refractivity contribution >= 4 is 11.8 Å². The number of hydrogen-bond donors (Lipinski definition) is 1. The van der Waals surface area contributed by atoms with Gasteiger partial charge in [-0.25, -0.2) is 0 Å². The highest BCUT2D eigenvalue weighted by atomic mass is 16.5. The molecule has 2 heterocycles. The minimum Gasteiger partial charge on any atom is -0.493 e. The number of rotatable bonds is 7. The maximum absolute atomic E-state index is 13.0. The van der Waals surface area contributed by atoms with Crippen molar-refractivity contribution in [3.05, 3.63) is 84.2 Å². The first-order chi connectivity index (χ1) is 15.6. The quantitative estimate of drug-likeness (QED) is 0.625. The van der Waals surface area contributed by atoms with Gasteiger partial charge in [-0.15, -0.1) is 0 Å². The van der Waals surface area contributed by atoms with E-state index in [1.165, 1.54) is 0 Å². The third-order valence-electron chi connectivity index (χ3n) is 5.67. The summed E-state index contributed by atoms with van der Waals surface area (Å²) in [6, 6.07) is 19.2. The van der Waals surface area contributed by atoms with Crippen LogP contribution in [0.2, 0.25) is 0 Å². The summed E-state index contributed by atoms with van der Waals surface area (Å²) in [7, 11) is 0. The van der Waals surface area contributed by atoms with Gasteiger partial charge in [0.25, 0.3) is 0 Å². The number of benzene rings is 2. The number of nitrogens with zero attached hydrogens (tertiary/aromatic N) is 2. The van der Waals surface area contributed by atoms with E-state index >= 15 is 0 Å². The molecule has 1 saturated heterocycles. The van der Waals surface area contributed by atoms with Crippen LogP contribution >= 0.6 is 0 Å². The molecule has 0 saturated carbocycles. The summed E-state index contributed by atoms with van der Waals surface area (Å²) in [5, 5.41) is 2.90. The molecule has 0 bridgehead atoms. The zero-order chi connectivity index (χ0) is 22.3. The van der Waals surface area contributed by atoms with E-state index in [1.54, 1.807) is 11.1 Å². The Bertz CT molecular complexity index is 1080. The fraction of sp³-hybridized carbons (Fsp3) is 0.269. The summed E-state index contributed by atoms with van der Waals surface area (Å²) in [5.41, 5.74) is 4.09. The number of carbonyl (C=O) groups excluding carboxylic acids is 2. The van der Waals surface area contributed by atoms with Crippen LogP contribution in [0.15, 0.2) is 73.1 Å². The molecule has 1 aromatic heterocycles. The number of hydrogen-bond acceptors (Lipinski definition) is 4. The normalized spacial score (nSPS) is 15.8. The van der Waals surface area contributed by atoms with Crippen LogP contribution in [-0.4, -0.2) is 47.4 Å². The molecule has 3 aromatic rings. The zero-order valence-electron chi connectivity index (χ0n) is 18.2. The third kappa shape index (κ3) is 5.14. The van der Waals surface area contributed by atoms with Crippen LogP contribution in [0.3, 0.4) is 0 Å². The standard InChI is InChI=1S/C26H27N3O3/c1-19-6-2-3-10-24(19)32-15-11-25(30)29-14-13-28-26(31)23(29)17-20-7-4-8-21(16-20)22-9-5-12-27-18-22/h2-10,12,16,18,23H,11,13-15,17H2,1H3,(H,28,31)/t23-/m0/s1. The lowest BCUT2D eigenvalue weighted by Gasteiger charge is -2.35. The van der Waals surface area contributed by atoms with E-state index in [0.717, 1.165) is 28.0 Å². The first kappa shape index (κ1) is 21.6. The van der Waals surface area contributed by atoms with Gasteiger partial charge in [0.2, 0.25) is 11.8 Å². The average Bonchev–Trinajstić information content (AvgIpc) is 2.82. The fourth-order valence-corrected chi connectivity index (χ4v) is 3.96. The Balaban J connectivity index is 1.43. The molecule has 4 rings (SSSR count). The lowest BCUT2D eigenvalue weighted by atomic mass is 9.98. The number of ether oxygens (including phenoxy) is 1. The first-order valence-corrected chi connectivity index (χ1v) is 10.9. The molecule has 0 unspecified atom stereocenters. The van der Waals surface area contributed by atoms with E-state index in [-0.39, 0.29) is 24.8 Å². The maximum atomic E-state index is 13.0. The van der Waals surface area contributed by atoms with Crippen LogP contribution in [0, 0.1) is 6.92 Å². The molecule has 0 aliphatic carbocycles. The van der Waals surface area contributed by atoms with E-state index in [0.29, 0.717) is 19.5 Å². The Morgan fingerprint density at radius 1 is 1.12 bits per heavy atom. The molecule has 6 nitrogen and oxygen atoms in total. The lowest BCUT2D eigenvalue weighted by molar-refractivity contribution is -0.143. The number of para-hydroxylation sites is 1. The molecular weight excluding hydrogens is 402 g/mol. The van der Waals surface area contributed by atoms with Gasteiger partial charge < -0.3 is 15.0 Å². The Morgan fingerprint density at radius 2 is 1.97 bits per heavy atom. The van der Waals surface area contributed by atoms with Crippen LogP contribution in [0.4, 0.5) is 0 Å². The Labute approximate surface area is 188 Å². The van der Waals surface area contributed by atoms with Gasteiger partial charge in [-0.3, -0.25) is 14.6 Å². The summed E-state index contributed by atoms with van der Waals surface area (Å²) in [4.78, 5) is 31.5. The molecule has 1 atom stereocenters. The Kier molecular flexibility index (Phi) is 6.80. The molecule has 2 amide bonds. The SMILES string of the molecule is Cc1ccccc1OCCC(=O)N1CCNC(=O)[C@@H]1Cc1cccc(-c2cccnc2)c1. The highest BCUT2D eigenvalue weighted by molar-refractivity contribution is 5.89. The largest absolute Gasteiger partial charge is 0.493 e. The predicted molar refractivity (Wildman–Crippen MR) is 123 cm³/mol. The number of aromatic nitrogens is 1. The summed E-state index contributed by atoms with van der Waals surface area (Å²) < 4.78 is 5.79. The summed E-state index contributed by atoms with van der Waals surface area (Å²) in [5.74, 6) is 0.596. The summed E-state index contributed by atoms with van der Waals surface area (Å²) in [6.07, 6.45) is 4.25. The number of carbonyl (C=O) groups is 2. The number of piperazine rings is 1. The molecule has 1 aliphatic heterocycles. The molecule has 0 radical (unpaired) electrons. The molecule has 1 aliphatic rings. The Morgan fingerprint density at radius 3 is 2.78 bits per heavy atom. The van der Waals surface area contributed by atoms with E-state index in [9.17, 15) is 9.59 Å². The average molecular weight is 430 g/mol. The second-order valence-electron chi connectivity index (χ2n) is 7.90. The van der Waals surface area contributed by atoms with Crippen LogP contribution in [0.1, 0.15) is 17.5 Å². The van der Waals surface area contributed by atoms with Crippen LogP contribution in [0.25, 0.3) is 11.1 Å². The highest BCUT2D eigenvalue weighted by Crippen LogP contribution is 2.22. The molecule has 6 heteroatoms. The number of pyridine rings is 1. The van der Waals surface area contributed by atoms with E-state index < -0.39 is 6.04 Å². The van der Waals surface area contributed by atoms with Gasteiger partial charge in [-0.05, 0) is 41.3 Å². The van der Waals surface area contributed by atoms with Gasteiger partial charge in [-0.2, -0.15) is 0 Å². The molecule has 1 N–H and O–H groups in total. The summed E-state index contributed by atoms with van der Waals surface area (Å²) in [6.45, 7) is 3.23. The lowest BCUT2D eigenvalue weighted by Crippen LogP contribution is -2.58. The van der Waals surface area contributed by atoms with Crippen LogP contribution in [0.5, 0.6) is 5.75 Å². The zero-order valence-corrected chi connectivity index (χ0v) is 18.2. The smallest absolute Gasteiger partial charge is 0.243 e. The van der Waals surface area contributed by atoms with Gasteiger partial charge in [0.1, 0.15) is 11.8 Å². The molecule has 1 fully saturated rings. The maximum Gasteiger partial charge on any atom is 0.243 e. The molecule has 164 valence electrons. The van der Waals surface area contributed by atoms with E-state index in [2.05, 4.69) is 16.4 Å². The van der Waals surface area contributed by atoms with Crippen molar-refractivity contribution in [2.24, 2.45) is 0 Å². The number of nitrogens with one attached hydrogen (secondary N) is 1. The predicted octanol–water partition coefficient (Wildman–Crippen LogP) is 3.40. The first-order valence-electron chi connectivity index (χ1n) is 10.9. The highest BCUT2D eigenvalue weighted by Gasteiger charge is 2.32. The fourth-order valence-electron chi connectivity index (χ4n) is 3.96. The van der Waals surface area contributed by atoms with Crippen molar-refractivity contribution in [2.45, 2.75) is 25.8 Å². The third-order valence-corrected chi connectivity index (χ3v) is 5.67. The minimum atomic E-state index is -0.529. The van der Waals surface area contributed by atoms with Crippen molar-refractivity contribution in [1.82, 2.24) is 15.2 Å². The van der Waals surface area contributed by atoms with Crippen molar-refractivity contribution < 1.29 is 14.3 Å². The van der Waals surface area contributed by atoms with Crippen molar-refractivity contribution in [3.63, 3.8) is 0 Å². The van der Waals surface area contributed by atoms with Gasteiger partial charge in [0.15, 0.2) is 0 Å². The van der Waals surface area contributed by atoms with Crippen molar-refractivity contribution in [2.75, 3.05) is 19.7 Å². The van der Waals surface area contributed by atoms with Gasteiger partial charge in [-0.1, -0.05) is 48.5 Å². The van der Waals surface area contributed by atoms with Crippen molar-refractivity contribution in [3.8, 4) is 16.9 Å². The number of aryl methyl sites for hydroxylation is 1. The molecular formula is C26H27N3O3. The van der Waals surface area contributed by atoms with Gasteiger partial charge in [0.05, 0.1) is 13.0 Å². The van der Waals surface area contributed by atoms with Gasteiger partial charge in [0, 0.05) is 31.9 Å². The van der Waals surface area contributed by atoms with Crippen LogP contribution < -0.4 is 10.1 Å². The van der Waals surface area contributed by atoms with E-state index in [1.807, 2.05) is 67.7 Å². The monoisotopic (exact) mass is 429 g/mol. The second kappa shape index (κ2) is 10.1. The minimum absolute atomic E-state index is 0.0677. The Hall–Kier alpha value is -3.67. The van der Waals surface area contributed by atoms with Crippen molar-refractivity contribution in [1.29, 1.82) is 0 Å². The van der Waals surface area contributed by atoms with Gasteiger partial charge >= 0.3 is 0 Å². The molecule has 0 spiro atoms. The molecule has 2 aromatic carbocycles.